The predicted molar refractivity (Wildman–Crippen MR) is 174 cm³/mol. The second kappa shape index (κ2) is 9.80. The van der Waals surface area contributed by atoms with E-state index in [4.69, 9.17) is 4.74 Å². The fourth-order valence-electron chi connectivity index (χ4n) is 5.44. The van der Waals surface area contributed by atoms with Gasteiger partial charge in [0.1, 0.15) is 5.75 Å². The molecule has 5 rings (SSSR count). The molecule has 2 nitrogen and oxygen atoms in total. The topological polar surface area (TPSA) is 12.5 Å². The highest BCUT2D eigenvalue weighted by Gasteiger charge is 2.40. The lowest BCUT2D eigenvalue weighted by Gasteiger charge is -2.40. The first-order valence-corrected chi connectivity index (χ1v) is 15.0. The Kier molecular flexibility index (Phi) is 6.98. The Morgan fingerprint density at radius 1 is 0.625 bits per heavy atom. The van der Waals surface area contributed by atoms with E-state index in [0.29, 0.717) is 0 Å². The van der Waals surface area contributed by atoms with Crippen LogP contribution in [0.3, 0.4) is 0 Å². The highest BCUT2D eigenvalue weighted by Crippen LogP contribution is 2.57. The molecular weight excluding hydrogens is 554 g/mol. The number of nitrogens with zero attached hydrogens (tertiary/aromatic N) is 1. The maximum atomic E-state index is 6.99. The summed E-state index contributed by atoms with van der Waals surface area (Å²) < 4.78 is 7.99. The molecule has 0 amide bonds. The number of rotatable bonds is 3. The molecule has 1 heterocycles. The summed E-state index contributed by atoms with van der Waals surface area (Å²) in [5.41, 5.74) is 10.5. The fraction of sp³-hybridized carbons (Fsp3) is 0.351. The maximum absolute atomic E-state index is 6.99. The normalized spacial score (nSPS) is 14.3. The summed E-state index contributed by atoms with van der Waals surface area (Å²) in [5.74, 6) is 1.82. The molecule has 4 aromatic carbocycles. The number of anilines is 3. The molecule has 40 heavy (non-hydrogen) atoms. The molecule has 0 fully saturated rings. The Labute approximate surface area is 249 Å². The molecule has 1 aliphatic rings. The maximum Gasteiger partial charge on any atom is 0.155 e. The summed E-state index contributed by atoms with van der Waals surface area (Å²) in [6.07, 6.45) is 0. The number of hydrogen-bond donors (Lipinski definition) is 0. The van der Waals surface area contributed by atoms with Crippen molar-refractivity contribution in [2.75, 3.05) is 4.90 Å². The zero-order chi connectivity index (χ0) is 29.2. The van der Waals surface area contributed by atoms with E-state index in [1.807, 2.05) is 0 Å². The average molecular weight is 597 g/mol. The summed E-state index contributed by atoms with van der Waals surface area (Å²) in [5, 5.41) is 0. The van der Waals surface area contributed by atoms with Crippen LogP contribution in [0.25, 0.3) is 0 Å². The van der Waals surface area contributed by atoms with Crippen molar-refractivity contribution >= 4 is 33.0 Å². The van der Waals surface area contributed by atoms with Crippen LogP contribution in [-0.2, 0) is 16.2 Å². The smallest absolute Gasteiger partial charge is 0.155 e. The van der Waals surface area contributed by atoms with Gasteiger partial charge in [-0.1, -0.05) is 103 Å². The molecule has 0 N–H and O–H groups in total. The van der Waals surface area contributed by atoms with Crippen LogP contribution in [0.4, 0.5) is 17.1 Å². The van der Waals surface area contributed by atoms with Gasteiger partial charge >= 0.3 is 0 Å². The summed E-state index contributed by atoms with van der Waals surface area (Å²) in [7, 11) is 0. The molecule has 4 aromatic rings. The van der Waals surface area contributed by atoms with Gasteiger partial charge in [-0.3, -0.25) is 0 Å². The molecule has 1 aliphatic heterocycles. The van der Waals surface area contributed by atoms with E-state index in [2.05, 4.69) is 163 Å². The third-order valence-corrected chi connectivity index (χ3v) is 8.81. The van der Waals surface area contributed by atoms with Gasteiger partial charge in [-0.25, -0.2) is 0 Å². The highest BCUT2D eigenvalue weighted by atomic mass is 79.9. The van der Waals surface area contributed by atoms with Gasteiger partial charge in [-0.2, -0.15) is 0 Å². The Morgan fingerprint density at radius 2 is 1.05 bits per heavy atom. The Balaban J connectivity index is 1.84. The van der Waals surface area contributed by atoms with Crippen LogP contribution in [0, 0.1) is 13.8 Å². The number of halogens is 1. The van der Waals surface area contributed by atoms with Gasteiger partial charge in [0.2, 0.25) is 0 Å². The quantitative estimate of drug-likeness (QED) is 0.233. The lowest BCUT2D eigenvalue weighted by molar-refractivity contribution is 0.413. The highest BCUT2D eigenvalue weighted by molar-refractivity contribution is 9.10. The van der Waals surface area contributed by atoms with Crippen LogP contribution in [0.2, 0.25) is 0 Å². The first kappa shape index (κ1) is 28.5. The van der Waals surface area contributed by atoms with Crippen molar-refractivity contribution < 1.29 is 4.74 Å². The van der Waals surface area contributed by atoms with Gasteiger partial charge in [0, 0.05) is 27.9 Å². The first-order chi connectivity index (χ1) is 18.6. The largest absolute Gasteiger partial charge is 0.453 e. The minimum absolute atomic E-state index is 0.0278. The molecule has 0 spiro atoms. The third kappa shape index (κ3) is 5.09. The molecule has 0 unspecified atom stereocenters. The van der Waals surface area contributed by atoms with Crippen molar-refractivity contribution in [1.29, 1.82) is 0 Å². The van der Waals surface area contributed by atoms with E-state index in [-0.39, 0.29) is 16.2 Å². The Morgan fingerprint density at radius 3 is 1.50 bits per heavy atom. The zero-order valence-corrected chi connectivity index (χ0v) is 27.2. The minimum Gasteiger partial charge on any atom is -0.453 e. The number of hydrogen-bond acceptors (Lipinski definition) is 2. The van der Waals surface area contributed by atoms with Crippen LogP contribution in [0.5, 0.6) is 11.5 Å². The van der Waals surface area contributed by atoms with Crippen molar-refractivity contribution in [1.82, 2.24) is 0 Å². The minimum atomic E-state index is -0.269. The molecule has 0 radical (unpaired) electrons. The molecular formula is C37H42BrNO. The Bertz CT molecular complexity index is 1520. The standard InChI is InChI=1S/C37H42BrNO/c1-23-11-15-27(16-12-23)39(28-17-13-24(2)14-18-28)32-22-26(36(6,7)8)20-30-34(32)40-33-29(37(30,9)10)19-25(21-31(33)38)35(3,4)5/h11-22H,1-10H3. The monoisotopic (exact) mass is 595 g/mol. The second-order valence-corrected chi connectivity index (χ2v) is 14.8. The molecule has 208 valence electrons. The van der Waals surface area contributed by atoms with Crippen LogP contribution in [-0.4, -0.2) is 0 Å². The van der Waals surface area contributed by atoms with Crippen molar-refractivity contribution in [3.8, 4) is 11.5 Å². The van der Waals surface area contributed by atoms with Gasteiger partial charge < -0.3 is 9.64 Å². The van der Waals surface area contributed by atoms with Gasteiger partial charge in [-0.15, -0.1) is 0 Å². The molecule has 0 saturated heterocycles. The van der Waals surface area contributed by atoms with Gasteiger partial charge in [0.05, 0.1) is 10.2 Å². The van der Waals surface area contributed by atoms with Crippen molar-refractivity contribution in [2.24, 2.45) is 0 Å². The first-order valence-electron chi connectivity index (χ1n) is 14.2. The predicted octanol–water partition coefficient (Wildman–Crippen LogP) is 11.6. The van der Waals surface area contributed by atoms with E-state index in [1.54, 1.807) is 0 Å². The molecule has 3 heteroatoms. The van der Waals surface area contributed by atoms with Gasteiger partial charge in [0.15, 0.2) is 5.75 Å². The van der Waals surface area contributed by atoms with Gasteiger partial charge in [-0.05, 0) is 88.1 Å². The van der Waals surface area contributed by atoms with Crippen molar-refractivity contribution in [3.05, 3.63) is 111 Å². The molecule has 0 bridgehead atoms. The molecule has 0 saturated carbocycles. The van der Waals surface area contributed by atoms with Crippen LogP contribution in [0.1, 0.15) is 88.8 Å². The zero-order valence-electron chi connectivity index (χ0n) is 25.7. The number of benzene rings is 4. The average Bonchev–Trinajstić information content (AvgIpc) is 2.86. The van der Waals surface area contributed by atoms with Gasteiger partial charge in [0.25, 0.3) is 0 Å². The van der Waals surface area contributed by atoms with Crippen LogP contribution in [0.15, 0.2) is 77.3 Å². The molecule has 0 aromatic heterocycles. The van der Waals surface area contributed by atoms with Crippen molar-refractivity contribution in [3.63, 3.8) is 0 Å². The van der Waals surface area contributed by atoms with E-state index < -0.39 is 0 Å². The van der Waals surface area contributed by atoms with Crippen molar-refractivity contribution in [2.45, 2.75) is 85.5 Å². The van der Waals surface area contributed by atoms with E-state index in [9.17, 15) is 0 Å². The SMILES string of the molecule is Cc1ccc(N(c2ccc(C)cc2)c2cc(C(C)(C)C)cc3c2Oc2c(Br)cc(C(C)(C)C)cc2C3(C)C)cc1. The summed E-state index contributed by atoms with van der Waals surface area (Å²) in [6.45, 7) is 22.6. The summed E-state index contributed by atoms with van der Waals surface area (Å²) in [4.78, 5) is 2.35. The summed E-state index contributed by atoms with van der Waals surface area (Å²) >= 11 is 3.90. The van der Waals surface area contributed by atoms with Crippen LogP contribution >= 0.6 is 15.9 Å². The lowest BCUT2D eigenvalue weighted by atomic mass is 9.71. The summed E-state index contributed by atoms with van der Waals surface area (Å²) in [6, 6.07) is 26.8. The number of aryl methyl sites for hydroxylation is 2. The van der Waals surface area contributed by atoms with E-state index in [0.717, 1.165) is 33.0 Å². The fourth-order valence-corrected chi connectivity index (χ4v) is 5.98. The van der Waals surface area contributed by atoms with E-state index >= 15 is 0 Å². The number of ether oxygens (including phenoxy) is 1. The van der Waals surface area contributed by atoms with E-state index in [1.165, 1.54) is 33.4 Å². The Hall–Kier alpha value is -3.04. The molecule has 0 aliphatic carbocycles. The molecule has 0 atom stereocenters. The lowest BCUT2D eigenvalue weighted by Crippen LogP contribution is -2.28. The third-order valence-electron chi connectivity index (χ3n) is 8.22. The number of fused-ring (bicyclic) bond motifs is 2. The second-order valence-electron chi connectivity index (χ2n) is 13.9. The van der Waals surface area contributed by atoms with Crippen LogP contribution < -0.4 is 9.64 Å².